The fraction of sp³-hybridized carbons (Fsp3) is 0.143. The maximum Gasteiger partial charge on any atom is 0.0550 e. The van der Waals surface area contributed by atoms with Crippen LogP contribution in [0.3, 0.4) is 0 Å². The van der Waals surface area contributed by atoms with Crippen LogP contribution < -0.4 is 5.73 Å². The molecule has 0 aliphatic rings. The Bertz CT molecular complexity index is 499. The molecule has 1 nitrogen and oxygen atoms in total. The van der Waals surface area contributed by atoms with Gasteiger partial charge in [-0.15, -0.1) is 0 Å². The van der Waals surface area contributed by atoms with Crippen molar-refractivity contribution in [3.05, 3.63) is 69.2 Å². The summed E-state index contributed by atoms with van der Waals surface area (Å²) in [7, 11) is 0. The van der Waals surface area contributed by atoms with Gasteiger partial charge in [0.1, 0.15) is 0 Å². The zero-order valence-electron chi connectivity index (χ0n) is 9.24. The van der Waals surface area contributed by atoms with Crippen LogP contribution >= 0.6 is 27.5 Å². The molecule has 0 aliphatic heterocycles. The summed E-state index contributed by atoms with van der Waals surface area (Å²) in [5.74, 6) is 0. The monoisotopic (exact) mass is 309 g/mol. The number of nitrogens with two attached hydrogens (primary N) is 1. The Kier molecular flexibility index (Phi) is 4.21. The lowest BCUT2D eigenvalue weighted by Crippen LogP contribution is -2.13. The average molecular weight is 311 g/mol. The number of benzene rings is 2. The van der Waals surface area contributed by atoms with Crippen molar-refractivity contribution in [3.8, 4) is 0 Å². The highest BCUT2D eigenvalue weighted by Gasteiger charge is 2.07. The molecule has 0 saturated carbocycles. The molecule has 0 saturated heterocycles. The fourth-order valence-corrected chi connectivity index (χ4v) is 2.19. The van der Waals surface area contributed by atoms with Crippen molar-refractivity contribution in [2.45, 2.75) is 12.5 Å². The third kappa shape index (κ3) is 3.32. The highest BCUT2D eigenvalue weighted by molar-refractivity contribution is 9.10. The average Bonchev–Trinajstić information content (AvgIpc) is 2.35. The lowest BCUT2D eigenvalue weighted by Gasteiger charge is -2.12. The molecular formula is C14H13BrClN. The van der Waals surface area contributed by atoms with Crippen molar-refractivity contribution in [1.29, 1.82) is 0 Å². The van der Waals surface area contributed by atoms with Crippen molar-refractivity contribution < 1.29 is 0 Å². The molecule has 2 aromatic carbocycles. The summed E-state index contributed by atoms with van der Waals surface area (Å²) in [6.07, 6.45) is 0.789. The summed E-state index contributed by atoms with van der Waals surface area (Å²) >= 11 is 9.43. The molecule has 88 valence electrons. The highest BCUT2D eigenvalue weighted by atomic mass is 79.9. The molecule has 0 radical (unpaired) electrons. The first kappa shape index (κ1) is 12.6. The molecule has 2 N–H and O–H groups in total. The lowest BCUT2D eigenvalue weighted by atomic mass is 10.00. The van der Waals surface area contributed by atoms with E-state index >= 15 is 0 Å². The minimum absolute atomic E-state index is 0.00782. The van der Waals surface area contributed by atoms with Gasteiger partial charge in [-0.2, -0.15) is 0 Å². The Morgan fingerprint density at radius 1 is 1.12 bits per heavy atom. The van der Waals surface area contributed by atoms with E-state index in [9.17, 15) is 0 Å². The second-order valence-electron chi connectivity index (χ2n) is 3.97. The van der Waals surface area contributed by atoms with Gasteiger partial charge < -0.3 is 5.73 Å². The number of hydrogen-bond donors (Lipinski definition) is 1. The maximum atomic E-state index is 6.16. The second-order valence-corrected chi connectivity index (χ2v) is 5.23. The summed E-state index contributed by atoms with van der Waals surface area (Å²) in [6, 6.07) is 16.0. The smallest absolute Gasteiger partial charge is 0.0550 e. The van der Waals surface area contributed by atoms with Crippen LogP contribution in [-0.4, -0.2) is 0 Å². The largest absolute Gasteiger partial charge is 0.324 e. The third-order valence-electron chi connectivity index (χ3n) is 2.67. The van der Waals surface area contributed by atoms with Crippen LogP contribution in [0.15, 0.2) is 53.0 Å². The van der Waals surface area contributed by atoms with E-state index in [1.54, 1.807) is 0 Å². The van der Waals surface area contributed by atoms with Gasteiger partial charge in [0.25, 0.3) is 0 Å². The Hall–Kier alpha value is -0.830. The Labute approximate surface area is 115 Å². The SMILES string of the molecule is NC(Cc1ccc(Br)c(Cl)c1)c1ccccc1. The molecule has 0 heterocycles. The Morgan fingerprint density at radius 3 is 2.47 bits per heavy atom. The Balaban J connectivity index is 2.13. The van der Waals surface area contributed by atoms with E-state index in [2.05, 4.69) is 15.9 Å². The minimum atomic E-state index is 0.00782. The van der Waals surface area contributed by atoms with Crippen LogP contribution in [-0.2, 0) is 6.42 Å². The molecule has 0 fully saturated rings. The van der Waals surface area contributed by atoms with Gasteiger partial charge in [-0.1, -0.05) is 48.0 Å². The quantitative estimate of drug-likeness (QED) is 0.896. The first-order valence-electron chi connectivity index (χ1n) is 5.41. The predicted molar refractivity (Wildman–Crippen MR) is 76.2 cm³/mol. The van der Waals surface area contributed by atoms with Gasteiger partial charge in [0.2, 0.25) is 0 Å². The van der Waals surface area contributed by atoms with Crippen molar-refractivity contribution in [2.75, 3.05) is 0 Å². The molecule has 2 rings (SSSR count). The van der Waals surface area contributed by atoms with Gasteiger partial charge in [0, 0.05) is 10.5 Å². The van der Waals surface area contributed by atoms with E-state index < -0.39 is 0 Å². The van der Waals surface area contributed by atoms with Crippen LogP contribution in [0.1, 0.15) is 17.2 Å². The van der Waals surface area contributed by atoms with Crippen LogP contribution in [0.4, 0.5) is 0 Å². The number of halogens is 2. The standard InChI is InChI=1S/C14H13BrClN/c15-12-7-6-10(8-13(12)16)9-14(17)11-4-2-1-3-5-11/h1-8,14H,9,17H2. The van der Waals surface area contributed by atoms with E-state index in [1.165, 1.54) is 0 Å². The number of hydrogen-bond acceptors (Lipinski definition) is 1. The van der Waals surface area contributed by atoms with Gasteiger partial charge in [-0.05, 0) is 45.6 Å². The van der Waals surface area contributed by atoms with E-state index in [-0.39, 0.29) is 6.04 Å². The maximum absolute atomic E-state index is 6.16. The molecule has 1 unspecified atom stereocenters. The normalized spacial score (nSPS) is 12.4. The predicted octanol–water partition coefficient (Wildman–Crippen LogP) is 4.35. The summed E-state index contributed by atoms with van der Waals surface area (Å²) in [5, 5.41) is 0.725. The van der Waals surface area contributed by atoms with Gasteiger partial charge in [0.15, 0.2) is 0 Å². The summed E-state index contributed by atoms with van der Waals surface area (Å²) in [5.41, 5.74) is 8.45. The lowest BCUT2D eigenvalue weighted by molar-refractivity contribution is 0.722. The van der Waals surface area contributed by atoms with Gasteiger partial charge >= 0.3 is 0 Å². The Morgan fingerprint density at radius 2 is 1.82 bits per heavy atom. The molecule has 1 atom stereocenters. The highest BCUT2D eigenvalue weighted by Crippen LogP contribution is 2.25. The van der Waals surface area contributed by atoms with Gasteiger partial charge in [-0.3, -0.25) is 0 Å². The van der Waals surface area contributed by atoms with Crippen LogP contribution in [0.2, 0.25) is 5.02 Å². The summed E-state index contributed by atoms with van der Waals surface area (Å²) in [6.45, 7) is 0. The van der Waals surface area contributed by atoms with Crippen LogP contribution in [0.5, 0.6) is 0 Å². The van der Waals surface area contributed by atoms with Gasteiger partial charge in [0.05, 0.1) is 5.02 Å². The van der Waals surface area contributed by atoms with Crippen molar-refractivity contribution >= 4 is 27.5 Å². The van der Waals surface area contributed by atoms with E-state index in [0.29, 0.717) is 0 Å². The molecule has 17 heavy (non-hydrogen) atoms. The minimum Gasteiger partial charge on any atom is -0.324 e. The molecular weight excluding hydrogens is 298 g/mol. The molecule has 0 amide bonds. The molecule has 2 aromatic rings. The second kappa shape index (κ2) is 5.67. The fourth-order valence-electron chi connectivity index (χ4n) is 1.74. The molecule has 0 spiro atoms. The van der Waals surface area contributed by atoms with Crippen molar-refractivity contribution in [3.63, 3.8) is 0 Å². The first-order chi connectivity index (χ1) is 8.16. The molecule has 0 aliphatic carbocycles. The van der Waals surface area contributed by atoms with E-state index in [0.717, 1.165) is 27.0 Å². The molecule has 0 bridgehead atoms. The van der Waals surface area contributed by atoms with Crippen LogP contribution in [0, 0.1) is 0 Å². The zero-order valence-corrected chi connectivity index (χ0v) is 11.6. The van der Waals surface area contributed by atoms with Crippen LogP contribution in [0.25, 0.3) is 0 Å². The van der Waals surface area contributed by atoms with E-state index in [4.69, 9.17) is 17.3 Å². The molecule has 3 heteroatoms. The molecule has 0 aromatic heterocycles. The topological polar surface area (TPSA) is 26.0 Å². The van der Waals surface area contributed by atoms with Crippen molar-refractivity contribution in [2.24, 2.45) is 5.73 Å². The number of rotatable bonds is 3. The van der Waals surface area contributed by atoms with Crippen molar-refractivity contribution in [1.82, 2.24) is 0 Å². The first-order valence-corrected chi connectivity index (χ1v) is 6.58. The van der Waals surface area contributed by atoms with E-state index in [1.807, 2.05) is 48.5 Å². The summed E-state index contributed by atoms with van der Waals surface area (Å²) in [4.78, 5) is 0. The zero-order chi connectivity index (χ0) is 12.3. The third-order valence-corrected chi connectivity index (χ3v) is 3.90. The summed E-state index contributed by atoms with van der Waals surface area (Å²) < 4.78 is 0.913. The van der Waals surface area contributed by atoms with Gasteiger partial charge in [-0.25, -0.2) is 0 Å².